The number of allylic oxidation sites excluding steroid dienone is 5. The van der Waals surface area contributed by atoms with Gasteiger partial charge < -0.3 is 9.32 Å². The Kier molecular flexibility index (Phi) is 8.81. The predicted octanol–water partition coefficient (Wildman–Crippen LogP) is 15.4. The van der Waals surface area contributed by atoms with Crippen molar-refractivity contribution in [2.75, 3.05) is 4.90 Å². The first-order chi connectivity index (χ1) is 28.6. The van der Waals surface area contributed by atoms with Crippen LogP contribution in [0.2, 0.25) is 0 Å². The van der Waals surface area contributed by atoms with E-state index in [0.717, 1.165) is 50.1 Å². The lowest BCUT2D eigenvalue weighted by molar-refractivity contribution is 0.669. The van der Waals surface area contributed by atoms with E-state index in [1.807, 2.05) is 24.3 Å². The van der Waals surface area contributed by atoms with Crippen LogP contribution < -0.4 is 4.90 Å². The molecule has 0 spiro atoms. The third kappa shape index (κ3) is 5.81. The molecule has 2 heteroatoms. The molecule has 1 unspecified atom stereocenters. The molecular formula is C56H41NO. The second kappa shape index (κ2) is 14.6. The van der Waals surface area contributed by atoms with Gasteiger partial charge in [0.25, 0.3) is 0 Å². The molecule has 0 saturated heterocycles. The molecule has 1 aromatic heterocycles. The highest BCUT2D eigenvalue weighted by molar-refractivity contribution is 6.06. The quantitative estimate of drug-likeness (QED) is 0.137. The smallest absolute Gasteiger partial charge is 0.135 e. The Hall–Kier alpha value is -7.42. The van der Waals surface area contributed by atoms with Crippen molar-refractivity contribution in [2.24, 2.45) is 0 Å². The van der Waals surface area contributed by atoms with Crippen LogP contribution in [0.3, 0.4) is 0 Å². The summed E-state index contributed by atoms with van der Waals surface area (Å²) in [4.78, 5) is 2.40. The minimum absolute atomic E-state index is 0.508. The fraction of sp³-hybridized carbons (Fsp3) is 0.0357. The topological polar surface area (TPSA) is 16.4 Å². The van der Waals surface area contributed by atoms with E-state index in [1.54, 1.807) is 0 Å². The molecule has 0 aliphatic heterocycles. The van der Waals surface area contributed by atoms with Crippen molar-refractivity contribution in [3.63, 3.8) is 0 Å². The fourth-order valence-corrected chi connectivity index (χ4v) is 9.07. The van der Waals surface area contributed by atoms with E-state index in [2.05, 4.69) is 213 Å². The van der Waals surface area contributed by atoms with Gasteiger partial charge in [-0.05, 0) is 112 Å². The molecular weight excluding hydrogens is 703 g/mol. The standard InChI is InChI=1S/C56H41NO/c1-3-4-7-17-39(2)56(44-21-10-6-11-22-44)52-26-14-12-24-48(52)49-34-33-47(38-53(49)56)57(46-23-16-20-42(36-46)40-18-8-5-9-19-40)45-31-28-41(29-32-45)43-30-35-55-51(37-43)50-25-13-15-27-54(50)58-55/h3-38H,1H2,2H3/b7-4-,39-17+. The summed E-state index contributed by atoms with van der Waals surface area (Å²) in [6, 6.07) is 70.1. The number of rotatable bonds is 9. The Bertz CT molecular complexity index is 3020. The average molecular weight is 744 g/mol. The SMILES string of the molecule is C=C/C=C\C=C(/C)C1(c2ccccc2)c2ccccc2-c2ccc(N(c3ccc(-c4ccc5oc6ccccc6c5c4)cc3)c3cccc(-c4ccccc4)c3)cc21. The highest BCUT2D eigenvalue weighted by atomic mass is 16.3. The molecule has 2 nitrogen and oxygen atoms in total. The zero-order chi connectivity index (χ0) is 39.1. The average Bonchev–Trinajstić information content (AvgIpc) is 3.81. The summed E-state index contributed by atoms with van der Waals surface area (Å²) in [5, 5.41) is 2.26. The molecule has 0 fully saturated rings. The van der Waals surface area contributed by atoms with Gasteiger partial charge in [0.1, 0.15) is 11.2 Å². The van der Waals surface area contributed by atoms with Crippen molar-refractivity contribution < 1.29 is 4.42 Å². The van der Waals surface area contributed by atoms with Gasteiger partial charge in [-0.2, -0.15) is 0 Å². The lowest BCUT2D eigenvalue weighted by Gasteiger charge is -2.35. The third-order valence-electron chi connectivity index (χ3n) is 11.7. The molecule has 9 aromatic rings. The van der Waals surface area contributed by atoms with Crippen LogP contribution >= 0.6 is 0 Å². The normalized spacial score (nSPS) is 14.8. The second-order valence-electron chi connectivity index (χ2n) is 15.0. The van der Waals surface area contributed by atoms with Gasteiger partial charge in [0.15, 0.2) is 0 Å². The van der Waals surface area contributed by atoms with Gasteiger partial charge >= 0.3 is 0 Å². The Labute approximate surface area is 340 Å². The van der Waals surface area contributed by atoms with Crippen LogP contribution in [0, 0.1) is 0 Å². The molecule has 0 saturated carbocycles. The molecule has 10 rings (SSSR count). The highest BCUT2D eigenvalue weighted by Crippen LogP contribution is 2.57. The first-order valence-corrected chi connectivity index (χ1v) is 19.9. The zero-order valence-electron chi connectivity index (χ0n) is 32.3. The van der Waals surface area contributed by atoms with Crippen molar-refractivity contribution in [2.45, 2.75) is 12.3 Å². The molecule has 0 N–H and O–H groups in total. The molecule has 276 valence electrons. The number of nitrogens with zero attached hydrogens (tertiary/aromatic N) is 1. The summed E-state index contributed by atoms with van der Waals surface area (Å²) < 4.78 is 6.15. The fourth-order valence-electron chi connectivity index (χ4n) is 9.07. The summed E-state index contributed by atoms with van der Waals surface area (Å²) in [5.74, 6) is 0. The van der Waals surface area contributed by atoms with Gasteiger partial charge in [-0.3, -0.25) is 0 Å². The van der Waals surface area contributed by atoms with Crippen LogP contribution in [0.25, 0.3) is 55.3 Å². The molecule has 0 radical (unpaired) electrons. The van der Waals surface area contributed by atoms with E-state index in [1.165, 1.54) is 44.5 Å². The molecule has 1 aliphatic carbocycles. The van der Waals surface area contributed by atoms with Gasteiger partial charge in [0, 0.05) is 27.8 Å². The molecule has 1 heterocycles. The van der Waals surface area contributed by atoms with E-state index in [9.17, 15) is 0 Å². The number of anilines is 3. The number of furan rings is 1. The zero-order valence-corrected chi connectivity index (χ0v) is 32.3. The van der Waals surface area contributed by atoms with E-state index in [4.69, 9.17) is 4.42 Å². The summed E-state index contributed by atoms with van der Waals surface area (Å²) in [5.41, 5.74) is 16.7. The molecule has 1 aliphatic rings. The number of para-hydroxylation sites is 1. The third-order valence-corrected chi connectivity index (χ3v) is 11.7. The van der Waals surface area contributed by atoms with Gasteiger partial charge in [0.2, 0.25) is 0 Å². The summed E-state index contributed by atoms with van der Waals surface area (Å²) in [7, 11) is 0. The largest absolute Gasteiger partial charge is 0.456 e. The van der Waals surface area contributed by atoms with Gasteiger partial charge in [-0.25, -0.2) is 0 Å². The van der Waals surface area contributed by atoms with Crippen LogP contribution in [0.5, 0.6) is 0 Å². The highest BCUT2D eigenvalue weighted by Gasteiger charge is 2.46. The van der Waals surface area contributed by atoms with Crippen LogP contribution in [0.1, 0.15) is 23.6 Å². The Morgan fingerprint density at radius 3 is 1.93 bits per heavy atom. The maximum absolute atomic E-state index is 6.15. The van der Waals surface area contributed by atoms with Gasteiger partial charge in [-0.15, -0.1) is 0 Å². The van der Waals surface area contributed by atoms with E-state index >= 15 is 0 Å². The van der Waals surface area contributed by atoms with Crippen molar-refractivity contribution >= 4 is 39.0 Å². The monoisotopic (exact) mass is 743 g/mol. The van der Waals surface area contributed by atoms with Gasteiger partial charge in [-0.1, -0.05) is 176 Å². The Morgan fingerprint density at radius 1 is 0.483 bits per heavy atom. The predicted molar refractivity (Wildman–Crippen MR) is 244 cm³/mol. The number of benzene rings is 8. The van der Waals surface area contributed by atoms with E-state index in [-0.39, 0.29) is 0 Å². The van der Waals surface area contributed by atoms with Crippen molar-refractivity contribution in [3.05, 3.63) is 247 Å². The summed E-state index contributed by atoms with van der Waals surface area (Å²) in [6.45, 7) is 6.20. The Morgan fingerprint density at radius 2 is 1.10 bits per heavy atom. The van der Waals surface area contributed by atoms with E-state index < -0.39 is 5.41 Å². The lowest BCUT2D eigenvalue weighted by atomic mass is 9.67. The number of hydrogen-bond acceptors (Lipinski definition) is 2. The maximum Gasteiger partial charge on any atom is 0.135 e. The van der Waals surface area contributed by atoms with Crippen molar-refractivity contribution in [1.29, 1.82) is 0 Å². The minimum Gasteiger partial charge on any atom is -0.456 e. The molecule has 8 aromatic carbocycles. The number of fused-ring (bicyclic) bond motifs is 6. The first-order valence-electron chi connectivity index (χ1n) is 19.9. The van der Waals surface area contributed by atoms with Crippen LogP contribution in [0.15, 0.2) is 235 Å². The lowest BCUT2D eigenvalue weighted by Crippen LogP contribution is -2.28. The molecule has 0 bridgehead atoms. The molecule has 0 amide bonds. The van der Waals surface area contributed by atoms with Crippen LogP contribution in [-0.2, 0) is 5.41 Å². The van der Waals surface area contributed by atoms with Crippen molar-refractivity contribution in [3.8, 4) is 33.4 Å². The summed E-state index contributed by atoms with van der Waals surface area (Å²) in [6.07, 6.45) is 8.18. The van der Waals surface area contributed by atoms with Crippen LogP contribution in [-0.4, -0.2) is 0 Å². The second-order valence-corrected chi connectivity index (χ2v) is 15.0. The molecule has 1 atom stereocenters. The first kappa shape index (κ1) is 35.0. The minimum atomic E-state index is -0.508. The molecule has 58 heavy (non-hydrogen) atoms. The summed E-state index contributed by atoms with van der Waals surface area (Å²) >= 11 is 0. The Balaban J connectivity index is 1.16. The van der Waals surface area contributed by atoms with Crippen molar-refractivity contribution in [1.82, 2.24) is 0 Å². The number of hydrogen-bond donors (Lipinski definition) is 0. The van der Waals surface area contributed by atoms with Crippen LogP contribution in [0.4, 0.5) is 17.1 Å². The van der Waals surface area contributed by atoms with Gasteiger partial charge in [0.05, 0.1) is 5.41 Å². The van der Waals surface area contributed by atoms with E-state index in [0.29, 0.717) is 0 Å². The maximum atomic E-state index is 6.15.